The van der Waals surface area contributed by atoms with Gasteiger partial charge in [-0.05, 0) is 36.4 Å². The van der Waals surface area contributed by atoms with E-state index in [1.165, 1.54) is 12.3 Å². The fourth-order valence-electron chi connectivity index (χ4n) is 2.58. The number of nitrogens with zero attached hydrogens (tertiary/aromatic N) is 2. The molecule has 4 rings (SSSR count). The van der Waals surface area contributed by atoms with Crippen LogP contribution in [0.1, 0.15) is 0 Å². The van der Waals surface area contributed by atoms with Crippen molar-refractivity contribution in [2.45, 2.75) is 0 Å². The Hall–Kier alpha value is -3.02. The van der Waals surface area contributed by atoms with Crippen LogP contribution in [0, 0.1) is 5.82 Å². The third-order valence-electron chi connectivity index (χ3n) is 3.55. The molecule has 0 saturated heterocycles. The van der Waals surface area contributed by atoms with Gasteiger partial charge in [0.05, 0.1) is 0 Å². The second-order valence-corrected chi connectivity index (χ2v) is 4.97. The van der Waals surface area contributed by atoms with Gasteiger partial charge in [0, 0.05) is 18.6 Å². The molecule has 4 aromatic rings. The number of phenols is 1. The number of hydrogen-bond acceptors (Lipinski definition) is 4. The zero-order chi connectivity index (χ0) is 15.3. The van der Waals surface area contributed by atoms with Crippen LogP contribution in [0.2, 0.25) is 0 Å². The topological polar surface area (TPSA) is 62.7 Å². The fraction of sp³-hybridized carbons (Fsp3) is 0.0625. The summed E-state index contributed by atoms with van der Waals surface area (Å²) in [6.07, 6.45) is 1.37. The zero-order valence-electron chi connectivity index (χ0n) is 11.7. The molecule has 5 nitrogen and oxygen atoms in total. The van der Waals surface area contributed by atoms with Gasteiger partial charge in [-0.2, -0.15) is 0 Å². The van der Waals surface area contributed by atoms with Crippen LogP contribution in [0.4, 0.5) is 10.2 Å². The molecule has 0 aliphatic heterocycles. The maximum atomic E-state index is 13.4. The summed E-state index contributed by atoms with van der Waals surface area (Å²) in [7, 11) is 1.74. The number of aromatic hydroxyl groups is 1. The van der Waals surface area contributed by atoms with Crippen LogP contribution in [0.25, 0.3) is 28.1 Å². The number of aromatic nitrogens is 2. The van der Waals surface area contributed by atoms with E-state index in [1.54, 1.807) is 41.8 Å². The molecule has 110 valence electrons. The number of pyridine rings is 1. The van der Waals surface area contributed by atoms with Crippen molar-refractivity contribution in [1.82, 2.24) is 9.38 Å². The molecule has 6 heteroatoms. The Balaban J connectivity index is 1.98. The summed E-state index contributed by atoms with van der Waals surface area (Å²) >= 11 is 0. The molecule has 0 unspecified atom stereocenters. The normalized spacial score (nSPS) is 11.4. The van der Waals surface area contributed by atoms with Gasteiger partial charge >= 0.3 is 0 Å². The molecule has 0 aliphatic rings. The highest BCUT2D eigenvalue weighted by molar-refractivity contribution is 5.86. The van der Waals surface area contributed by atoms with Gasteiger partial charge in [-0.3, -0.25) is 4.40 Å². The smallest absolute Gasteiger partial charge is 0.157 e. The molecule has 3 aromatic heterocycles. The van der Waals surface area contributed by atoms with Gasteiger partial charge in [0.25, 0.3) is 0 Å². The number of hydrogen-bond donors (Lipinski definition) is 2. The highest BCUT2D eigenvalue weighted by atomic mass is 19.1. The van der Waals surface area contributed by atoms with E-state index < -0.39 is 0 Å². The molecule has 0 aliphatic carbocycles. The lowest BCUT2D eigenvalue weighted by Gasteiger charge is -2.01. The summed E-state index contributed by atoms with van der Waals surface area (Å²) in [5, 5.41) is 13.3. The number of halogens is 1. The molecule has 22 heavy (non-hydrogen) atoms. The van der Waals surface area contributed by atoms with Crippen molar-refractivity contribution in [1.29, 1.82) is 0 Å². The first kappa shape index (κ1) is 12.7. The Kier molecular flexibility index (Phi) is 2.59. The average molecular weight is 297 g/mol. The maximum Gasteiger partial charge on any atom is 0.157 e. The van der Waals surface area contributed by atoms with Gasteiger partial charge in [0.2, 0.25) is 0 Å². The van der Waals surface area contributed by atoms with Crippen molar-refractivity contribution < 1.29 is 13.9 Å². The lowest BCUT2D eigenvalue weighted by Crippen LogP contribution is -1.96. The van der Waals surface area contributed by atoms with Gasteiger partial charge in [-0.25, -0.2) is 9.37 Å². The SMILES string of the molecule is CNc1c(-c2cc3cc(O)ccc3o2)nc2ccc(F)cn12. The van der Waals surface area contributed by atoms with Crippen molar-refractivity contribution in [3.63, 3.8) is 0 Å². The first-order valence-electron chi connectivity index (χ1n) is 6.74. The van der Waals surface area contributed by atoms with E-state index in [0.717, 1.165) is 5.39 Å². The standard InChI is InChI=1S/C16H12FN3O2/c1-18-16-15(19-14-5-2-10(17)8-20(14)16)13-7-9-6-11(21)3-4-12(9)22-13/h2-8,18,21H,1H3. The van der Waals surface area contributed by atoms with Crippen molar-refractivity contribution >= 4 is 22.4 Å². The van der Waals surface area contributed by atoms with Gasteiger partial charge in [-0.15, -0.1) is 0 Å². The van der Waals surface area contributed by atoms with E-state index >= 15 is 0 Å². The van der Waals surface area contributed by atoms with Crippen LogP contribution in [0.15, 0.2) is 47.0 Å². The Labute approximate surface area is 124 Å². The average Bonchev–Trinajstić information content (AvgIpc) is 3.06. The Morgan fingerprint density at radius 3 is 2.91 bits per heavy atom. The fourth-order valence-corrected chi connectivity index (χ4v) is 2.58. The first-order chi connectivity index (χ1) is 10.7. The molecule has 0 spiro atoms. The van der Waals surface area contributed by atoms with Gasteiger partial charge in [0.15, 0.2) is 5.76 Å². The van der Waals surface area contributed by atoms with Crippen molar-refractivity contribution in [2.75, 3.05) is 12.4 Å². The van der Waals surface area contributed by atoms with Crippen molar-refractivity contribution in [3.05, 3.63) is 48.4 Å². The highest BCUT2D eigenvalue weighted by Gasteiger charge is 2.17. The molecule has 1 aromatic carbocycles. The molecular formula is C16H12FN3O2. The van der Waals surface area contributed by atoms with E-state index in [2.05, 4.69) is 10.3 Å². The number of phenolic OH excluding ortho intramolecular Hbond substituents is 1. The Morgan fingerprint density at radius 2 is 2.09 bits per heavy atom. The number of fused-ring (bicyclic) bond motifs is 2. The van der Waals surface area contributed by atoms with Gasteiger partial charge < -0.3 is 14.8 Å². The third kappa shape index (κ3) is 1.81. The molecule has 0 fully saturated rings. The minimum atomic E-state index is -0.345. The van der Waals surface area contributed by atoms with Crippen LogP contribution in [0.3, 0.4) is 0 Å². The van der Waals surface area contributed by atoms with E-state index in [9.17, 15) is 9.50 Å². The minimum absolute atomic E-state index is 0.172. The van der Waals surface area contributed by atoms with E-state index in [-0.39, 0.29) is 11.6 Å². The first-order valence-corrected chi connectivity index (χ1v) is 6.74. The number of furan rings is 1. The number of benzene rings is 1. The van der Waals surface area contributed by atoms with Gasteiger partial charge in [-0.1, -0.05) is 0 Å². The monoisotopic (exact) mass is 297 g/mol. The van der Waals surface area contributed by atoms with Crippen LogP contribution in [-0.2, 0) is 0 Å². The number of nitrogens with one attached hydrogen (secondary N) is 1. The second-order valence-electron chi connectivity index (χ2n) is 4.97. The Bertz CT molecular complexity index is 1000. The highest BCUT2D eigenvalue weighted by Crippen LogP contribution is 2.34. The molecule has 3 heterocycles. The summed E-state index contributed by atoms with van der Waals surface area (Å²) in [4.78, 5) is 4.49. The molecular weight excluding hydrogens is 285 g/mol. The second kappa shape index (κ2) is 4.49. The van der Waals surface area contributed by atoms with Crippen molar-refractivity contribution in [3.8, 4) is 17.2 Å². The number of anilines is 1. The summed E-state index contributed by atoms with van der Waals surface area (Å²) in [5.41, 5.74) is 1.85. The van der Waals surface area contributed by atoms with Crippen molar-refractivity contribution in [2.24, 2.45) is 0 Å². The van der Waals surface area contributed by atoms with Gasteiger partial charge in [0.1, 0.15) is 34.3 Å². The summed E-state index contributed by atoms with van der Waals surface area (Å²) in [6, 6.07) is 9.65. The van der Waals surface area contributed by atoms with E-state index in [0.29, 0.717) is 28.5 Å². The van der Waals surface area contributed by atoms with Crippen LogP contribution < -0.4 is 5.32 Å². The van der Waals surface area contributed by atoms with Crippen LogP contribution in [-0.4, -0.2) is 21.5 Å². The minimum Gasteiger partial charge on any atom is -0.508 e. The molecule has 0 radical (unpaired) electrons. The Morgan fingerprint density at radius 1 is 1.23 bits per heavy atom. The lowest BCUT2D eigenvalue weighted by atomic mass is 10.2. The largest absolute Gasteiger partial charge is 0.508 e. The summed E-state index contributed by atoms with van der Waals surface area (Å²) in [6.45, 7) is 0. The molecule has 0 saturated carbocycles. The third-order valence-corrected chi connectivity index (χ3v) is 3.55. The van der Waals surface area contributed by atoms with E-state index in [1.807, 2.05) is 0 Å². The molecule has 0 atom stereocenters. The molecule has 0 amide bonds. The predicted molar refractivity (Wildman–Crippen MR) is 81.6 cm³/mol. The molecule has 2 N–H and O–H groups in total. The number of imidazole rings is 1. The zero-order valence-corrected chi connectivity index (χ0v) is 11.7. The number of rotatable bonds is 2. The lowest BCUT2D eigenvalue weighted by molar-refractivity contribution is 0.476. The van der Waals surface area contributed by atoms with Crippen LogP contribution >= 0.6 is 0 Å². The summed E-state index contributed by atoms with van der Waals surface area (Å²) in [5.74, 6) is 1.01. The maximum absolute atomic E-state index is 13.4. The van der Waals surface area contributed by atoms with E-state index in [4.69, 9.17) is 4.42 Å². The predicted octanol–water partition coefficient (Wildman–Crippen LogP) is 3.63. The van der Waals surface area contributed by atoms with Crippen LogP contribution in [0.5, 0.6) is 5.75 Å². The molecule has 0 bridgehead atoms. The summed E-state index contributed by atoms with van der Waals surface area (Å²) < 4.78 is 20.9. The quantitative estimate of drug-likeness (QED) is 0.593.